The van der Waals surface area contributed by atoms with Gasteiger partial charge in [-0.05, 0) is 56.0 Å². The smallest absolute Gasteiger partial charge is 0.257 e. The van der Waals surface area contributed by atoms with Crippen molar-refractivity contribution in [3.8, 4) is 5.75 Å². The van der Waals surface area contributed by atoms with Crippen molar-refractivity contribution in [2.45, 2.75) is 43.9 Å². The van der Waals surface area contributed by atoms with E-state index in [4.69, 9.17) is 4.74 Å². The fraction of sp³-hybridized carbons (Fsp3) is 0.435. The van der Waals surface area contributed by atoms with Crippen LogP contribution in [-0.2, 0) is 21.2 Å². The number of rotatable bonds is 8. The molecular formula is C23H30N2O4S. The number of hydrogen-bond donors (Lipinski definition) is 1. The zero-order valence-corrected chi connectivity index (χ0v) is 18.3. The van der Waals surface area contributed by atoms with Crippen LogP contribution in [-0.4, -0.2) is 44.9 Å². The molecule has 0 radical (unpaired) electrons. The van der Waals surface area contributed by atoms with Gasteiger partial charge in [0.2, 0.25) is 10.0 Å². The van der Waals surface area contributed by atoms with Gasteiger partial charge < -0.3 is 10.1 Å². The molecule has 30 heavy (non-hydrogen) atoms. The highest BCUT2D eigenvalue weighted by molar-refractivity contribution is 7.89. The van der Waals surface area contributed by atoms with Crippen LogP contribution < -0.4 is 10.1 Å². The van der Waals surface area contributed by atoms with Gasteiger partial charge in [0.15, 0.2) is 6.61 Å². The highest BCUT2D eigenvalue weighted by Gasteiger charge is 2.24. The molecule has 2 aromatic carbocycles. The standard InChI is InChI=1S/C23H30N2O4S/c1-19-6-10-21(11-7-19)29-18-23(26)24-15-14-20-8-12-22(13-9-20)30(27,28)25-16-4-2-3-5-17-25/h6-13H,2-5,14-18H2,1H3,(H,24,26). The van der Waals surface area contributed by atoms with E-state index in [0.717, 1.165) is 36.8 Å². The number of benzene rings is 2. The lowest BCUT2D eigenvalue weighted by Gasteiger charge is -2.20. The average molecular weight is 431 g/mol. The first-order valence-electron chi connectivity index (χ1n) is 10.5. The van der Waals surface area contributed by atoms with E-state index in [9.17, 15) is 13.2 Å². The minimum atomic E-state index is -3.43. The van der Waals surface area contributed by atoms with E-state index in [-0.39, 0.29) is 12.5 Å². The van der Waals surface area contributed by atoms with Crippen molar-refractivity contribution >= 4 is 15.9 Å². The van der Waals surface area contributed by atoms with Gasteiger partial charge in [-0.15, -0.1) is 0 Å². The van der Waals surface area contributed by atoms with Gasteiger partial charge in [0.05, 0.1) is 4.90 Å². The van der Waals surface area contributed by atoms with Gasteiger partial charge in [0, 0.05) is 19.6 Å². The summed E-state index contributed by atoms with van der Waals surface area (Å²) in [5, 5.41) is 2.83. The number of aryl methyl sites for hydroxylation is 1. The number of carbonyl (C=O) groups excluding carboxylic acids is 1. The molecule has 1 aliphatic heterocycles. The van der Waals surface area contributed by atoms with Gasteiger partial charge in [-0.3, -0.25) is 4.79 Å². The average Bonchev–Trinajstić information content (AvgIpc) is 3.04. The van der Waals surface area contributed by atoms with E-state index in [1.54, 1.807) is 16.4 Å². The van der Waals surface area contributed by atoms with E-state index in [2.05, 4.69) is 5.32 Å². The summed E-state index contributed by atoms with van der Waals surface area (Å²) in [5.41, 5.74) is 2.11. The zero-order chi connectivity index (χ0) is 21.4. The first-order chi connectivity index (χ1) is 14.4. The predicted octanol–water partition coefficient (Wildman–Crippen LogP) is 3.30. The fourth-order valence-electron chi connectivity index (χ4n) is 3.44. The molecule has 0 aliphatic carbocycles. The molecule has 1 amide bonds. The second-order valence-corrected chi connectivity index (χ2v) is 9.60. The quantitative estimate of drug-likeness (QED) is 0.697. The van der Waals surface area contributed by atoms with Crippen LogP contribution >= 0.6 is 0 Å². The molecule has 0 unspecified atom stereocenters. The summed E-state index contributed by atoms with van der Waals surface area (Å²) < 4.78 is 32.7. The van der Waals surface area contributed by atoms with Gasteiger partial charge in [0.1, 0.15) is 5.75 Å². The van der Waals surface area contributed by atoms with Crippen LogP contribution in [0.4, 0.5) is 0 Å². The van der Waals surface area contributed by atoms with Crippen LogP contribution in [0.1, 0.15) is 36.8 Å². The summed E-state index contributed by atoms with van der Waals surface area (Å²) in [6.07, 6.45) is 4.65. The number of hydrogen-bond acceptors (Lipinski definition) is 4. The Morgan fingerprint density at radius 2 is 1.60 bits per heavy atom. The van der Waals surface area contributed by atoms with Crippen LogP contribution in [0.5, 0.6) is 5.75 Å². The normalized spacial score (nSPS) is 15.4. The van der Waals surface area contributed by atoms with Crippen LogP contribution in [0, 0.1) is 6.92 Å². The van der Waals surface area contributed by atoms with Gasteiger partial charge >= 0.3 is 0 Å². The number of sulfonamides is 1. The lowest BCUT2D eigenvalue weighted by atomic mass is 10.1. The summed E-state index contributed by atoms with van der Waals surface area (Å²) in [7, 11) is -3.43. The molecule has 7 heteroatoms. The molecule has 1 saturated heterocycles. The Morgan fingerprint density at radius 3 is 2.23 bits per heavy atom. The molecular weight excluding hydrogens is 400 g/mol. The summed E-state index contributed by atoms with van der Waals surface area (Å²) >= 11 is 0. The van der Waals surface area contributed by atoms with Crippen LogP contribution in [0.2, 0.25) is 0 Å². The molecule has 0 aromatic heterocycles. The third-order valence-corrected chi connectivity index (χ3v) is 7.17. The van der Waals surface area contributed by atoms with E-state index < -0.39 is 10.0 Å². The lowest BCUT2D eigenvalue weighted by Crippen LogP contribution is -2.32. The Bertz CT molecular complexity index is 917. The summed E-state index contributed by atoms with van der Waals surface area (Å²) in [5.74, 6) is 0.480. The predicted molar refractivity (Wildman–Crippen MR) is 117 cm³/mol. The molecule has 0 atom stereocenters. The topological polar surface area (TPSA) is 75.7 Å². The lowest BCUT2D eigenvalue weighted by molar-refractivity contribution is -0.123. The minimum absolute atomic E-state index is 0.0317. The van der Waals surface area contributed by atoms with Crippen molar-refractivity contribution in [3.63, 3.8) is 0 Å². The van der Waals surface area contributed by atoms with Gasteiger partial charge in [0.25, 0.3) is 5.91 Å². The molecule has 0 saturated carbocycles. The SMILES string of the molecule is Cc1ccc(OCC(=O)NCCc2ccc(S(=O)(=O)N3CCCCCC3)cc2)cc1. The van der Waals surface area contributed by atoms with Gasteiger partial charge in [-0.1, -0.05) is 42.7 Å². The molecule has 2 aromatic rings. The molecule has 1 aliphatic rings. The van der Waals surface area contributed by atoms with Gasteiger partial charge in [-0.2, -0.15) is 4.31 Å². The third kappa shape index (κ3) is 6.31. The number of ether oxygens (including phenoxy) is 1. The second-order valence-electron chi connectivity index (χ2n) is 7.66. The van der Waals surface area contributed by atoms with E-state index >= 15 is 0 Å². The molecule has 0 bridgehead atoms. The highest BCUT2D eigenvalue weighted by Crippen LogP contribution is 2.20. The molecule has 0 spiro atoms. The molecule has 162 valence electrons. The molecule has 1 N–H and O–H groups in total. The first kappa shape index (κ1) is 22.3. The van der Waals surface area contributed by atoms with E-state index in [1.165, 1.54) is 0 Å². The number of carbonyl (C=O) groups is 1. The van der Waals surface area contributed by atoms with Crippen LogP contribution in [0.3, 0.4) is 0 Å². The monoisotopic (exact) mass is 430 g/mol. The Balaban J connectivity index is 1.45. The first-order valence-corrected chi connectivity index (χ1v) is 11.9. The van der Waals surface area contributed by atoms with Crippen molar-refractivity contribution in [2.75, 3.05) is 26.2 Å². The molecule has 1 fully saturated rings. The fourth-order valence-corrected chi connectivity index (χ4v) is 4.96. The Kier molecular flexibility index (Phi) is 7.87. The van der Waals surface area contributed by atoms with Crippen LogP contribution in [0.25, 0.3) is 0 Å². The molecule has 6 nitrogen and oxygen atoms in total. The minimum Gasteiger partial charge on any atom is -0.484 e. The molecule has 1 heterocycles. The number of amides is 1. The van der Waals surface area contributed by atoms with Crippen molar-refractivity contribution < 1.29 is 17.9 Å². The van der Waals surface area contributed by atoms with E-state index in [0.29, 0.717) is 36.7 Å². The van der Waals surface area contributed by atoms with Crippen molar-refractivity contribution in [1.29, 1.82) is 0 Å². The Hall–Kier alpha value is -2.38. The van der Waals surface area contributed by atoms with Gasteiger partial charge in [-0.25, -0.2) is 8.42 Å². The summed E-state index contributed by atoms with van der Waals surface area (Å²) in [4.78, 5) is 12.3. The van der Waals surface area contributed by atoms with Crippen molar-refractivity contribution in [3.05, 3.63) is 59.7 Å². The van der Waals surface area contributed by atoms with Crippen molar-refractivity contribution in [1.82, 2.24) is 9.62 Å². The highest BCUT2D eigenvalue weighted by atomic mass is 32.2. The second kappa shape index (κ2) is 10.6. The maximum absolute atomic E-state index is 12.8. The summed E-state index contributed by atoms with van der Waals surface area (Å²) in [6.45, 7) is 3.62. The number of nitrogens with one attached hydrogen (secondary N) is 1. The van der Waals surface area contributed by atoms with E-state index in [1.807, 2.05) is 43.3 Å². The number of nitrogens with zero attached hydrogens (tertiary/aromatic N) is 1. The molecule has 3 rings (SSSR count). The van der Waals surface area contributed by atoms with Crippen LogP contribution in [0.15, 0.2) is 53.4 Å². The van der Waals surface area contributed by atoms with Crippen molar-refractivity contribution in [2.24, 2.45) is 0 Å². The zero-order valence-electron chi connectivity index (χ0n) is 17.5. The Morgan fingerprint density at radius 1 is 0.967 bits per heavy atom. The third-order valence-electron chi connectivity index (χ3n) is 5.25. The maximum atomic E-state index is 12.8. The summed E-state index contributed by atoms with van der Waals surface area (Å²) in [6, 6.07) is 14.5. The largest absolute Gasteiger partial charge is 0.484 e. The maximum Gasteiger partial charge on any atom is 0.257 e. The Labute approximate surface area is 179 Å².